The number of carbonyl (C=O) groups is 1. The molecule has 110 valence electrons. The summed E-state index contributed by atoms with van der Waals surface area (Å²) in [7, 11) is 0. The van der Waals surface area contributed by atoms with Crippen molar-refractivity contribution >= 4 is 11.6 Å². The van der Waals surface area contributed by atoms with Gasteiger partial charge in [0.2, 0.25) is 5.91 Å². The SMILES string of the molecule is CCOc1cc(C)ccc1NC(=O)C1NCCCC1C. The molecule has 1 saturated heterocycles. The Morgan fingerprint density at radius 1 is 1.50 bits per heavy atom. The zero-order valence-corrected chi connectivity index (χ0v) is 12.5. The molecule has 0 aliphatic carbocycles. The highest BCUT2D eigenvalue weighted by Gasteiger charge is 2.27. The minimum absolute atomic E-state index is 0.0296. The van der Waals surface area contributed by atoms with Gasteiger partial charge in [-0.15, -0.1) is 0 Å². The quantitative estimate of drug-likeness (QED) is 0.889. The average Bonchev–Trinajstić information content (AvgIpc) is 2.42. The lowest BCUT2D eigenvalue weighted by Gasteiger charge is -2.29. The van der Waals surface area contributed by atoms with Gasteiger partial charge in [-0.1, -0.05) is 13.0 Å². The number of anilines is 1. The number of aryl methyl sites for hydroxylation is 1. The number of rotatable bonds is 4. The topological polar surface area (TPSA) is 50.4 Å². The Bertz CT molecular complexity index is 474. The third-order valence-electron chi connectivity index (χ3n) is 3.75. The van der Waals surface area contributed by atoms with Gasteiger partial charge in [-0.25, -0.2) is 0 Å². The first-order valence-corrected chi connectivity index (χ1v) is 7.39. The van der Waals surface area contributed by atoms with E-state index in [1.54, 1.807) is 0 Å². The summed E-state index contributed by atoms with van der Waals surface area (Å²) in [6.07, 6.45) is 2.23. The minimum atomic E-state index is -0.112. The van der Waals surface area contributed by atoms with Crippen molar-refractivity contribution in [3.05, 3.63) is 23.8 Å². The summed E-state index contributed by atoms with van der Waals surface area (Å²) in [5, 5.41) is 6.30. The Balaban J connectivity index is 2.10. The van der Waals surface area contributed by atoms with E-state index in [9.17, 15) is 4.79 Å². The van der Waals surface area contributed by atoms with Crippen molar-refractivity contribution in [3.63, 3.8) is 0 Å². The number of hydrogen-bond acceptors (Lipinski definition) is 3. The summed E-state index contributed by atoms with van der Waals surface area (Å²) >= 11 is 0. The van der Waals surface area contributed by atoms with Gasteiger partial charge in [-0.2, -0.15) is 0 Å². The van der Waals surface area contributed by atoms with Gasteiger partial charge in [-0.3, -0.25) is 4.79 Å². The molecule has 0 saturated carbocycles. The summed E-state index contributed by atoms with van der Waals surface area (Å²) in [5.41, 5.74) is 1.87. The number of hydrogen-bond donors (Lipinski definition) is 2. The molecule has 1 fully saturated rings. The highest BCUT2D eigenvalue weighted by Crippen LogP contribution is 2.27. The first kappa shape index (κ1) is 14.9. The smallest absolute Gasteiger partial charge is 0.241 e. The average molecular weight is 276 g/mol. The van der Waals surface area contributed by atoms with E-state index in [1.165, 1.54) is 0 Å². The predicted molar refractivity (Wildman–Crippen MR) is 81.2 cm³/mol. The summed E-state index contributed by atoms with van der Waals surface area (Å²) in [6.45, 7) is 7.58. The van der Waals surface area contributed by atoms with E-state index < -0.39 is 0 Å². The molecule has 20 heavy (non-hydrogen) atoms. The monoisotopic (exact) mass is 276 g/mol. The lowest BCUT2D eigenvalue weighted by molar-refractivity contribution is -0.119. The van der Waals surface area contributed by atoms with Crippen molar-refractivity contribution in [2.24, 2.45) is 5.92 Å². The molecule has 1 heterocycles. The lowest BCUT2D eigenvalue weighted by Crippen LogP contribution is -2.48. The maximum absolute atomic E-state index is 12.4. The molecule has 1 aliphatic heterocycles. The van der Waals surface area contributed by atoms with E-state index in [0.717, 1.165) is 36.4 Å². The van der Waals surface area contributed by atoms with Gasteiger partial charge < -0.3 is 15.4 Å². The van der Waals surface area contributed by atoms with Crippen molar-refractivity contribution in [1.82, 2.24) is 5.32 Å². The Morgan fingerprint density at radius 3 is 3.00 bits per heavy atom. The van der Waals surface area contributed by atoms with Crippen LogP contribution in [0, 0.1) is 12.8 Å². The number of piperidine rings is 1. The van der Waals surface area contributed by atoms with Crippen LogP contribution in [-0.2, 0) is 4.79 Å². The first-order valence-electron chi connectivity index (χ1n) is 7.39. The molecule has 1 aromatic carbocycles. The second kappa shape index (κ2) is 6.75. The van der Waals surface area contributed by atoms with E-state index in [2.05, 4.69) is 17.6 Å². The fourth-order valence-electron chi connectivity index (χ4n) is 2.62. The van der Waals surface area contributed by atoms with E-state index in [0.29, 0.717) is 12.5 Å². The first-order chi connectivity index (χ1) is 9.61. The van der Waals surface area contributed by atoms with E-state index in [4.69, 9.17) is 4.74 Å². The van der Waals surface area contributed by atoms with Gasteiger partial charge in [0.05, 0.1) is 18.3 Å². The van der Waals surface area contributed by atoms with Crippen LogP contribution in [-0.4, -0.2) is 25.1 Å². The molecule has 0 spiro atoms. The molecule has 2 unspecified atom stereocenters. The zero-order valence-electron chi connectivity index (χ0n) is 12.5. The van der Waals surface area contributed by atoms with Gasteiger partial charge in [-0.05, 0) is 56.8 Å². The molecule has 4 heteroatoms. The van der Waals surface area contributed by atoms with E-state index in [-0.39, 0.29) is 11.9 Å². The molecule has 1 amide bonds. The van der Waals surface area contributed by atoms with Crippen LogP contribution in [0.5, 0.6) is 5.75 Å². The molecular weight excluding hydrogens is 252 g/mol. The van der Waals surface area contributed by atoms with Crippen LogP contribution >= 0.6 is 0 Å². The minimum Gasteiger partial charge on any atom is -0.492 e. The Morgan fingerprint density at radius 2 is 2.30 bits per heavy atom. The van der Waals surface area contributed by atoms with Crippen molar-refractivity contribution in [2.75, 3.05) is 18.5 Å². The Labute approximate surface area is 120 Å². The highest BCUT2D eigenvalue weighted by molar-refractivity contribution is 5.96. The molecule has 2 atom stereocenters. The molecule has 0 aromatic heterocycles. The lowest BCUT2D eigenvalue weighted by atomic mass is 9.92. The number of carbonyl (C=O) groups excluding carboxylic acids is 1. The summed E-state index contributed by atoms with van der Waals surface area (Å²) in [4.78, 5) is 12.4. The Kier molecular flexibility index (Phi) is 5.01. The third-order valence-corrected chi connectivity index (χ3v) is 3.75. The zero-order chi connectivity index (χ0) is 14.5. The van der Waals surface area contributed by atoms with Crippen molar-refractivity contribution in [1.29, 1.82) is 0 Å². The summed E-state index contributed by atoms with van der Waals surface area (Å²) in [6, 6.07) is 5.73. The van der Waals surface area contributed by atoms with E-state index in [1.807, 2.05) is 32.0 Å². The summed E-state index contributed by atoms with van der Waals surface area (Å²) in [5.74, 6) is 1.14. The van der Waals surface area contributed by atoms with Gasteiger partial charge >= 0.3 is 0 Å². The predicted octanol–water partition coefficient (Wildman–Crippen LogP) is 2.72. The van der Waals surface area contributed by atoms with Crippen LogP contribution in [0.15, 0.2) is 18.2 Å². The van der Waals surface area contributed by atoms with Crippen LogP contribution in [0.3, 0.4) is 0 Å². The van der Waals surface area contributed by atoms with Crippen LogP contribution in [0.25, 0.3) is 0 Å². The fourth-order valence-corrected chi connectivity index (χ4v) is 2.62. The highest BCUT2D eigenvalue weighted by atomic mass is 16.5. The molecule has 0 bridgehead atoms. The van der Waals surface area contributed by atoms with Gasteiger partial charge in [0.15, 0.2) is 0 Å². The maximum atomic E-state index is 12.4. The molecule has 2 N–H and O–H groups in total. The molecular formula is C16H24N2O2. The number of amides is 1. The standard InChI is InChI=1S/C16H24N2O2/c1-4-20-14-10-11(2)7-8-13(14)18-16(19)15-12(3)6-5-9-17-15/h7-8,10,12,15,17H,4-6,9H2,1-3H3,(H,18,19). The second-order valence-electron chi connectivity index (χ2n) is 5.47. The molecule has 1 aliphatic rings. The fraction of sp³-hybridized carbons (Fsp3) is 0.562. The van der Waals surface area contributed by atoms with E-state index >= 15 is 0 Å². The van der Waals surface area contributed by atoms with Crippen molar-refractivity contribution < 1.29 is 9.53 Å². The molecule has 0 radical (unpaired) electrons. The van der Waals surface area contributed by atoms with Crippen LogP contribution in [0.1, 0.15) is 32.3 Å². The molecule has 1 aromatic rings. The largest absolute Gasteiger partial charge is 0.492 e. The number of nitrogens with one attached hydrogen (secondary N) is 2. The van der Waals surface area contributed by atoms with Gasteiger partial charge in [0.1, 0.15) is 5.75 Å². The van der Waals surface area contributed by atoms with Crippen LogP contribution < -0.4 is 15.4 Å². The third kappa shape index (κ3) is 3.51. The normalized spacial score (nSPS) is 22.4. The van der Waals surface area contributed by atoms with Crippen molar-refractivity contribution in [3.8, 4) is 5.75 Å². The summed E-state index contributed by atoms with van der Waals surface area (Å²) < 4.78 is 5.60. The van der Waals surface area contributed by atoms with Crippen LogP contribution in [0.2, 0.25) is 0 Å². The van der Waals surface area contributed by atoms with Crippen molar-refractivity contribution in [2.45, 2.75) is 39.7 Å². The van der Waals surface area contributed by atoms with Gasteiger partial charge in [0.25, 0.3) is 0 Å². The maximum Gasteiger partial charge on any atom is 0.241 e. The second-order valence-corrected chi connectivity index (χ2v) is 5.47. The van der Waals surface area contributed by atoms with Crippen LogP contribution in [0.4, 0.5) is 5.69 Å². The Hall–Kier alpha value is -1.55. The van der Waals surface area contributed by atoms with Gasteiger partial charge in [0, 0.05) is 0 Å². The number of benzene rings is 1. The molecule has 4 nitrogen and oxygen atoms in total. The molecule has 2 rings (SSSR count). The number of ether oxygens (including phenoxy) is 1.